The molecule has 0 radical (unpaired) electrons. The van der Waals surface area contributed by atoms with E-state index in [4.69, 9.17) is 5.73 Å². The van der Waals surface area contributed by atoms with E-state index in [-0.39, 0.29) is 0 Å². The minimum Gasteiger partial charge on any atom is -0.399 e. The van der Waals surface area contributed by atoms with Crippen molar-refractivity contribution in [3.05, 3.63) is 29.3 Å². The summed E-state index contributed by atoms with van der Waals surface area (Å²) in [6.07, 6.45) is 6.98. The maximum atomic E-state index is 5.83. The maximum absolute atomic E-state index is 5.83. The molecule has 0 amide bonds. The number of hydrogen-bond donors (Lipinski definition) is 2. The van der Waals surface area contributed by atoms with Gasteiger partial charge >= 0.3 is 0 Å². The standard InChI is InChI=1S/C16H26N2/c1-13-10-14(6-7-15(13)17)11-18-12-16(2)8-4-3-5-9-16/h6-7,10,18H,3-5,8-9,11-12,17H2,1-2H3. The highest BCUT2D eigenvalue weighted by atomic mass is 14.9. The maximum Gasteiger partial charge on any atom is 0.0343 e. The number of nitrogens with one attached hydrogen (secondary N) is 1. The summed E-state index contributed by atoms with van der Waals surface area (Å²) in [6, 6.07) is 6.32. The van der Waals surface area contributed by atoms with Crippen LogP contribution in [-0.2, 0) is 6.54 Å². The Labute approximate surface area is 111 Å². The molecule has 0 aromatic heterocycles. The van der Waals surface area contributed by atoms with Crippen LogP contribution in [0.4, 0.5) is 5.69 Å². The number of nitrogen functional groups attached to an aromatic ring is 1. The fourth-order valence-electron chi connectivity index (χ4n) is 2.94. The normalized spacial score (nSPS) is 18.8. The van der Waals surface area contributed by atoms with Crippen LogP contribution in [0.15, 0.2) is 18.2 Å². The van der Waals surface area contributed by atoms with Gasteiger partial charge in [0, 0.05) is 18.8 Å². The zero-order valence-corrected chi connectivity index (χ0v) is 11.8. The summed E-state index contributed by atoms with van der Waals surface area (Å²) in [6.45, 7) is 6.59. The number of hydrogen-bond acceptors (Lipinski definition) is 2. The molecule has 0 unspecified atom stereocenters. The van der Waals surface area contributed by atoms with Gasteiger partial charge in [0.05, 0.1) is 0 Å². The van der Waals surface area contributed by atoms with Crippen LogP contribution in [0.5, 0.6) is 0 Å². The summed E-state index contributed by atoms with van der Waals surface area (Å²) < 4.78 is 0. The second-order valence-corrected chi connectivity index (χ2v) is 6.17. The summed E-state index contributed by atoms with van der Waals surface area (Å²) in [5.74, 6) is 0. The van der Waals surface area contributed by atoms with Crippen LogP contribution in [0.1, 0.15) is 50.2 Å². The molecule has 0 atom stereocenters. The van der Waals surface area contributed by atoms with Crippen LogP contribution in [0.25, 0.3) is 0 Å². The molecule has 1 fully saturated rings. The number of aryl methyl sites for hydroxylation is 1. The van der Waals surface area contributed by atoms with Gasteiger partial charge in [-0.25, -0.2) is 0 Å². The van der Waals surface area contributed by atoms with Gasteiger partial charge in [0.15, 0.2) is 0 Å². The van der Waals surface area contributed by atoms with Gasteiger partial charge in [0.2, 0.25) is 0 Å². The molecule has 1 saturated carbocycles. The number of benzene rings is 1. The zero-order valence-electron chi connectivity index (χ0n) is 11.8. The second kappa shape index (κ2) is 5.75. The first-order chi connectivity index (χ1) is 8.59. The molecule has 0 bridgehead atoms. The van der Waals surface area contributed by atoms with E-state index in [1.807, 2.05) is 6.07 Å². The van der Waals surface area contributed by atoms with Gasteiger partial charge in [-0.2, -0.15) is 0 Å². The minimum atomic E-state index is 0.515. The van der Waals surface area contributed by atoms with Crippen molar-refractivity contribution >= 4 is 5.69 Å². The molecule has 0 heterocycles. The zero-order chi connectivity index (χ0) is 13.0. The van der Waals surface area contributed by atoms with Crippen molar-refractivity contribution in [3.63, 3.8) is 0 Å². The van der Waals surface area contributed by atoms with Crippen molar-refractivity contribution in [1.82, 2.24) is 5.32 Å². The van der Waals surface area contributed by atoms with Crippen molar-refractivity contribution in [2.45, 2.75) is 52.5 Å². The van der Waals surface area contributed by atoms with Gasteiger partial charge in [0.1, 0.15) is 0 Å². The predicted molar refractivity (Wildman–Crippen MR) is 78.5 cm³/mol. The Hall–Kier alpha value is -1.02. The average Bonchev–Trinajstić information content (AvgIpc) is 2.34. The third-order valence-electron chi connectivity index (χ3n) is 4.28. The largest absolute Gasteiger partial charge is 0.399 e. The summed E-state index contributed by atoms with van der Waals surface area (Å²) >= 11 is 0. The van der Waals surface area contributed by atoms with Crippen molar-refractivity contribution in [2.75, 3.05) is 12.3 Å². The molecule has 2 rings (SSSR count). The first-order valence-electron chi connectivity index (χ1n) is 7.15. The lowest BCUT2D eigenvalue weighted by atomic mass is 9.76. The van der Waals surface area contributed by atoms with Crippen LogP contribution in [0.2, 0.25) is 0 Å². The summed E-state index contributed by atoms with van der Waals surface area (Å²) in [4.78, 5) is 0. The van der Waals surface area contributed by atoms with Gasteiger partial charge in [-0.1, -0.05) is 38.3 Å². The van der Waals surface area contributed by atoms with Gasteiger partial charge in [0.25, 0.3) is 0 Å². The Morgan fingerprint density at radius 3 is 2.61 bits per heavy atom. The highest BCUT2D eigenvalue weighted by Gasteiger charge is 2.25. The molecule has 0 aliphatic heterocycles. The lowest BCUT2D eigenvalue weighted by Gasteiger charge is -2.33. The molecule has 1 aromatic rings. The fourth-order valence-corrected chi connectivity index (χ4v) is 2.94. The molecular weight excluding hydrogens is 220 g/mol. The smallest absolute Gasteiger partial charge is 0.0343 e. The summed E-state index contributed by atoms with van der Waals surface area (Å²) in [7, 11) is 0. The first-order valence-corrected chi connectivity index (χ1v) is 7.15. The van der Waals surface area contributed by atoms with E-state index in [0.717, 1.165) is 18.8 Å². The lowest BCUT2D eigenvalue weighted by Crippen LogP contribution is -2.33. The summed E-state index contributed by atoms with van der Waals surface area (Å²) in [5, 5.41) is 3.62. The average molecular weight is 246 g/mol. The van der Waals surface area contributed by atoms with E-state index in [1.54, 1.807) is 0 Å². The number of rotatable bonds is 4. The van der Waals surface area contributed by atoms with Gasteiger partial charge in [-0.05, 0) is 42.4 Å². The van der Waals surface area contributed by atoms with Crippen LogP contribution in [0.3, 0.4) is 0 Å². The fraction of sp³-hybridized carbons (Fsp3) is 0.625. The Morgan fingerprint density at radius 1 is 1.22 bits per heavy atom. The van der Waals surface area contributed by atoms with Gasteiger partial charge in [-0.3, -0.25) is 0 Å². The molecule has 1 aromatic carbocycles. The highest BCUT2D eigenvalue weighted by molar-refractivity contribution is 5.47. The van der Waals surface area contributed by atoms with Crippen LogP contribution in [-0.4, -0.2) is 6.54 Å². The molecule has 1 aliphatic carbocycles. The summed E-state index contributed by atoms with van der Waals surface area (Å²) in [5.41, 5.74) is 9.75. The second-order valence-electron chi connectivity index (χ2n) is 6.17. The van der Waals surface area contributed by atoms with Gasteiger partial charge < -0.3 is 11.1 Å². The van der Waals surface area contributed by atoms with Crippen molar-refractivity contribution in [2.24, 2.45) is 5.41 Å². The third-order valence-corrected chi connectivity index (χ3v) is 4.28. The third kappa shape index (κ3) is 3.49. The van der Waals surface area contributed by atoms with Crippen molar-refractivity contribution < 1.29 is 0 Å². The van der Waals surface area contributed by atoms with Crippen LogP contribution in [0, 0.1) is 12.3 Å². The Morgan fingerprint density at radius 2 is 1.94 bits per heavy atom. The highest BCUT2D eigenvalue weighted by Crippen LogP contribution is 2.34. The molecule has 0 spiro atoms. The Kier molecular flexibility index (Phi) is 4.28. The topological polar surface area (TPSA) is 38.0 Å². The van der Waals surface area contributed by atoms with E-state index in [2.05, 4.69) is 31.3 Å². The lowest BCUT2D eigenvalue weighted by molar-refractivity contribution is 0.207. The van der Waals surface area contributed by atoms with Crippen LogP contribution >= 0.6 is 0 Å². The van der Waals surface area contributed by atoms with E-state index < -0.39 is 0 Å². The van der Waals surface area contributed by atoms with E-state index in [0.29, 0.717) is 5.41 Å². The molecule has 18 heavy (non-hydrogen) atoms. The quantitative estimate of drug-likeness (QED) is 0.796. The van der Waals surface area contributed by atoms with Crippen LogP contribution < -0.4 is 11.1 Å². The van der Waals surface area contributed by atoms with E-state index in [1.165, 1.54) is 43.2 Å². The number of anilines is 1. The molecule has 0 saturated heterocycles. The number of nitrogens with two attached hydrogens (primary N) is 1. The van der Waals surface area contributed by atoms with Crippen molar-refractivity contribution in [1.29, 1.82) is 0 Å². The molecule has 2 heteroatoms. The minimum absolute atomic E-state index is 0.515. The molecule has 3 N–H and O–H groups in total. The Balaban J connectivity index is 1.82. The predicted octanol–water partition coefficient (Wildman–Crippen LogP) is 3.64. The molecular formula is C16H26N2. The van der Waals surface area contributed by atoms with E-state index >= 15 is 0 Å². The Bertz CT molecular complexity index is 392. The molecule has 2 nitrogen and oxygen atoms in total. The molecule has 100 valence electrons. The SMILES string of the molecule is Cc1cc(CNCC2(C)CCCCC2)ccc1N. The van der Waals surface area contributed by atoms with Gasteiger partial charge in [-0.15, -0.1) is 0 Å². The van der Waals surface area contributed by atoms with E-state index in [9.17, 15) is 0 Å². The monoisotopic (exact) mass is 246 g/mol. The molecule has 1 aliphatic rings. The van der Waals surface area contributed by atoms with Crippen molar-refractivity contribution in [3.8, 4) is 0 Å². The first kappa shape index (κ1) is 13.4.